The van der Waals surface area contributed by atoms with Crippen LogP contribution in [0.25, 0.3) is 0 Å². The quantitative estimate of drug-likeness (QED) is 0.786. The Morgan fingerprint density at radius 2 is 2.11 bits per heavy atom. The fourth-order valence-electron chi connectivity index (χ4n) is 2.35. The predicted molar refractivity (Wildman–Crippen MR) is 69.9 cm³/mol. The molecule has 1 heterocycles. The summed E-state index contributed by atoms with van der Waals surface area (Å²) in [7, 11) is 0. The van der Waals surface area contributed by atoms with Crippen molar-refractivity contribution < 1.29 is 9.18 Å². The second-order valence-electron chi connectivity index (χ2n) is 5.59. The molecule has 0 radical (unpaired) electrons. The second-order valence-corrected chi connectivity index (χ2v) is 5.59. The molecule has 0 atom stereocenters. The van der Waals surface area contributed by atoms with E-state index in [9.17, 15) is 9.18 Å². The zero-order chi connectivity index (χ0) is 13.5. The normalized spacial score (nSPS) is 18.1. The SMILES string of the molecule is CC1(C)CCN(c2cc(C(N)=O)c(N)cc2F)C1. The summed E-state index contributed by atoms with van der Waals surface area (Å²) in [5.74, 6) is -1.04. The number of benzene rings is 1. The van der Waals surface area contributed by atoms with E-state index in [4.69, 9.17) is 11.5 Å². The molecule has 0 aliphatic carbocycles. The summed E-state index contributed by atoms with van der Waals surface area (Å²) in [5, 5.41) is 0. The number of nitrogens with two attached hydrogens (primary N) is 2. The molecule has 0 bridgehead atoms. The Balaban J connectivity index is 2.39. The number of anilines is 2. The number of amides is 1. The van der Waals surface area contributed by atoms with Gasteiger partial charge in [0.05, 0.1) is 11.3 Å². The van der Waals surface area contributed by atoms with E-state index >= 15 is 0 Å². The van der Waals surface area contributed by atoms with Crippen molar-refractivity contribution in [3.63, 3.8) is 0 Å². The molecule has 98 valence electrons. The Labute approximate surface area is 106 Å². The fourth-order valence-corrected chi connectivity index (χ4v) is 2.35. The fraction of sp³-hybridized carbons (Fsp3) is 0.462. The molecule has 1 fully saturated rings. The van der Waals surface area contributed by atoms with Crippen molar-refractivity contribution in [3.05, 3.63) is 23.5 Å². The van der Waals surface area contributed by atoms with Crippen molar-refractivity contribution in [2.45, 2.75) is 20.3 Å². The molecule has 18 heavy (non-hydrogen) atoms. The first kappa shape index (κ1) is 12.7. The maximum absolute atomic E-state index is 13.9. The molecule has 1 aromatic rings. The van der Waals surface area contributed by atoms with Crippen molar-refractivity contribution in [3.8, 4) is 0 Å². The third-order valence-corrected chi connectivity index (χ3v) is 3.40. The van der Waals surface area contributed by atoms with Crippen LogP contribution in [0.2, 0.25) is 0 Å². The van der Waals surface area contributed by atoms with Gasteiger partial charge in [0.2, 0.25) is 0 Å². The molecule has 1 aromatic carbocycles. The van der Waals surface area contributed by atoms with Crippen molar-refractivity contribution in [1.29, 1.82) is 0 Å². The van der Waals surface area contributed by atoms with Crippen LogP contribution in [0.3, 0.4) is 0 Å². The molecule has 4 nitrogen and oxygen atoms in total. The van der Waals surface area contributed by atoms with Crippen molar-refractivity contribution in [1.82, 2.24) is 0 Å². The lowest BCUT2D eigenvalue weighted by Gasteiger charge is -2.22. The van der Waals surface area contributed by atoms with Gasteiger partial charge in [0.25, 0.3) is 5.91 Å². The maximum Gasteiger partial charge on any atom is 0.250 e. The molecule has 1 amide bonds. The minimum Gasteiger partial charge on any atom is -0.398 e. The van der Waals surface area contributed by atoms with Gasteiger partial charge >= 0.3 is 0 Å². The summed E-state index contributed by atoms with van der Waals surface area (Å²) < 4.78 is 13.9. The van der Waals surface area contributed by atoms with E-state index in [1.807, 2.05) is 4.90 Å². The molecule has 2 rings (SSSR count). The summed E-state index contributed by atoms with van der Waals surface area (Å²) >= 11 is 0. The van der Waals surface area contributed by atoms with Gasteiger partial charge in [-0.05, 0) is 24.0 Å². The molecule has 5 heteroatoms. The first-order chi connectivity index (χ1) is 8.30. The Morgan fingerprint density at radius 1 is 1.44 bits per heavy atom. The number of nitrogens with zero attached hydrogens (tertiary/aromatic N) is 1. The first-order valence-electron chi connectivity index (χ1n) is 5.94. The van der Waals surface area contributed by atoms with Crippen LogP contribution in [-0.4, -0.2) is 19.0 Å². The van der Waals surface area contributed by atoms with Crippen molar-refractivity contribution in [2.24, 2.45) is 11.1 Å². The van der Waals surface area contributed by atoms with Crippen LogP contribution in [0, 0.1) is 11.2 Å². The van der Waals surface area contributed by atoms with Crippen LogP contribution in [0.1, 0.15) is 30.6 Å². The van der Waals surface area contributed by atoms with Gasteiger partial charge in [-0.15, -0.1) is 0 Å². The van der Waals surface area contributed by atoms with E-state index in [1.165, 1.54) is 12.1 Å². The number of carbonyl (C=O) groups excluding carboxylic acids is 1. The van der Waals surface area contributed by atoms with Crippen LogP contribution in [-0.2, 0) is 0 Å². The van der Waals surface area contributed by atoms with E-state index in [1.54, 1.807) is 0 Å². The number of nitrogen functional groups attached to an aromatic ring is 1. The Bertz CT molecular complexity index is 499. The topological polar surface area (TPSA) is 72.3 Å². The average Bonchev–Trinajstić information content (AvgIpc) is 2.58. The molecular formula is C13H18FN3O. The van der Waals surface area contributed by atoms with Gasteiger partial charge in [0.15, 0.2) is 0 Å². The van der Waals surface area contributed by atoms with Crippen LogP contribution < -0.4 is 16.4 Å². The molecule has 0 unspecified atom stereocenters. The number of carbonyl (C=O) groups is 1. The summed E-state index contributed by atoms with van der Waals surface area (Å²) in [6.45, 7) is 5.80. The van der Waals surface area contributed by atoms with Gasteiger partial charge in [-0.1, -0.05) is 13.8 Å². The van der Waals surface area contributed by atoms with Crippen LogP contribution in [0.15, 0.2) is 12.1 Å². The van der Waals surface area contributed by atoms with Crippen LogP contribution >= 0.6 is 0 Å². The highest BCUT2D eigenvalue weighted by atomic mass is 19.1. The molecule has 1 aliphatic rings. The Kier molecular flexibility index (Phi) is 2.92. The highest BCUT2D eigenvalue weighted by Gasteiger charge is 2.31. The third kappa shape index (κ3) is 2.25. The largest absolute Gasteiger partial charge is 0.398 e. The van der Waals surface area contributed by atoms with Crippen LogP contribution in [0.4, 0.5) is 15.8 Å². The summed E-state index contributed by atoms with van der Waals surface area (Å²) in [6.07, 6.45) is 0.989. The molecule has 0 saturated carbocycles. The van der Waals surface area contributed by atoms with E-state index in [-0.39, 0.29) is 16.7 Å². The highest BCUT2D eigenvalue weighted by Crippen LogP contribution is 2.35. The maximum atomic E-state index is 13.9. The third-order valence-electron chi connectivity index (χ3n) is 3.40. The standard InChI is InChI=1S/C13H18FN3O/c1-13(2)3-4-17(7-13)11-5-8(12(16)18)10(15)6-9(11)14/h5-6H,3-4,7,15H2,1-2H3,(H2,16,18). The molecular weight excluding hydrogens is 233 g/mol. The van der Waals surface area contributed by atoms with E-state index in [2.05, 4.69) is 13.8 Å². The number of hydrogen-bond donors (Lipinski definition) is 2. The lowest BCUT2D eigenvalue weighted by molar-refractivity contribution is 0.100. The lowest BCUT2D eigenvalue weighted by atomic mass is 9.93. The number of halogens is 1. The highest BCUT2D eigenvalue weighted by molar-refractivity contribution is 5.99. The summed E-state index contributed by atoms with van der Waals surface area (Å²) in [6, 6.07) is 2.62. The number of rotatable bonds is 2. The van der Waals surface area contributed by atoms with E-state index < -0.39 is 11.7 Å². The number of hydrogen-bond acceptors (Lipinski definition) is 3. The molecule has 0 aromatic heterocycles. The van der Waals surface area contributed by atoms with E-state index in [0.29, 0.717) is 5.69 Å². The minimum atomic E-state index is -0.632. The smallest absolute Gasteiger partial charge is 0.250 e. The zero-order valence-corrected chi connectivity index (χ0v) is 10.7. The summed E-state index contributed by atoms with van der Waals surface area (Å²) in [5.41, 5.74) is 11.6. The van der Waals surface area contributed by atoms with Gasteiger partial charge in [-0.25, -0.2) is 4.39 Å². The number of primary amides is 1. The predicted octanol–water partition coefficient (Wildman–Crippen LogP) is 1.74. The average molecular weight is 251 g/mol. The summed E-state index contributed by atoms with van der Waals surface area (Å²) in [4.78, 5) is 13.2. The van der Waals surface area contributed by atoms with Crippen LogP contribution in [0.5, 0.6) is 0 Å². The van der Waals surface area contributed by atoms with Gasteiger partial charge in [0, 0.05) is 18.8 Å². The van der Waals surface area contributed by atoms with E-state index in [0.717, 1.165) is 19.5 Å². The molecule has 1 aliphatic heterocycles. The second kappa shape index (κ2) is 4.15. The van der Waals surface area contributed by atoms with Gasteiger partial charge in [-0.3, -0.25) is 4.79 Å². The molecule has 0 spiro atoms. The Hall–Kier alpha value is -1.78. The molecule has 4 N–H and O–H groups in total. The monoisotopic (exact) mass is 251 g/mol. The van der Waals surface area contributed by atoms with Gasteiger partial charge in [0.1, 0.15) is 5.82 Å². The van der Waals surface area contributed by atoms with Gasteiger partial charge < -0.3 is 16.4 Å². The molecule has 1 saturated heterocycles. The van der Waals surface area contributed by atoms with Gasteiger partial charge in [-0.2, -0.15) is 0 Å². The zero-order valence-electron chi connectivity index (χ0n) is 10.7. The Morgan fingerprint density at radius 3 is 2.61 bits per heavy atom. The lowest BCUT2D eigenvalue weighted by Crippen LogP contribution is -2.24. The van der Waals surface area contributed by atoms with Crippen molar-refractivity contribution in [2.75, 3.05) is 23.7 Å². The minimum absolute atomic E-state index is 0.0854. The first-order valence-corrected chi connectivity index (χ1v) is 5.94. The van der Waals surface area contributed by atoms with Crippen molar-refractivity contribution >= 4 is 17.3 Å².